The van der Waals surface area contributed by atoms with E-state index in [0.717, 1.165) is 12.1 Å². The lowest BCUT2D eigenvalue weighted by Crippen LogP contribution is -2.51. The van der Waals surface area contributed by atoms with Gasteiger partial charge in [-0.1, -0.05) is 18.2 Å². The van der Waals surface area contributed by atoms with E-state index >= 15 is 0 Å². The summed E-state index contributed by atoms with van der Waals surface area (Å²) in [5.41, 5.74) is 2.80. The SMILES string of the molecule is CCOC(=O)N1CCN(C(=O)Nc2nc(CC(=O)N3CCc4ccccc43)cs2)CC1. The molecular formula is C21H25N5O4S. The molecule has 2 aromatic rings. The molecule has 10 heteroatoms. The van der Waals surface area contributed by atoms with Crippen molar-refractivity contribution in [3.8, 4) is 0 Å². The largest absolute Gasteiger partial charge is 0.450 e. The van der Waals surface area contributed by atoms with E-state index in [2.05, 4.69) is 10.3 Å². The molecule has 31 heavy (non-hydrogen) atoms. The first-order valence-electron chi connectivity index (χ1n) is 10.4. The number of anilines is 2. The third kappa shape index (κ3) is 4.79. The second-order valence-corrected chi connectivity index (χ2v) is 8.21. The zero-order valence-corrected chi connectivity index (χ0v) is 18.2. The van der Waals surface area contributed by atoms with Gasteiger partial charge >= 0.3 is 12.1 Å². The smallest absolute Gasteiger partial charge is 0.409 e. The molecule has 4 rings (SSSR count). The summed E-state index contributed by atoms with van der Waals surface area (Å²) in [7, 11) is 0. The van der Waals surface area contributed by atoms with Gasteiger partial charge in [0.05, 0.1) is 18.7 Å². The first-order valence-corrected chi connectivity index (χ1v) is 11.2. The molecule has 0 aliphatic carbocycles. The highest BCUT2D eigenvalue weighted by Crippen LogP contribution is 2.28. The maximum Gasteiger partial charge on any atom is 0.409 e. The molecule has 0 bridgehead atoms. The van der Waals surface area contributed by atoms with Crippen molar-refractivity contribution in [2.45, 2.75) is 19.8 Å². The van der Waals surface area contributed by atoms with Crippen LogP contribution in [0.1, 0.15) is 18.2 Å². The van der Waals surface area contributed by atoms with Gasteiger partial charge in [0.15, 0.2) is 5.13 Å². The van der Waals surface area contributed by atoms with E-state index in [4.69, 9.17) is 4.74 Å². The Morgan fingerprint density at radius 3 is 2.61 bits per heavy atom. The lowest BCUT2D eigenvalue weighted by atomic mass is 10.2. The van der Waals surface area contributed by atoms with Crippen LogP contribution in [0.3, 0.4) is 0 Å². The molecule has 1 N–H and O–H groups in total. The van der Waals surface area contributed by atoms with Crippen molar-refractivity contribution in [3.63, 3.8) is 0 Å². The van der Waals surface area contributed by atoms with Crippen LogP contribution in [-0.4, -0.2) is 72.1 Å². The number of hydrogen-bond donors (Lipinski definition) is 1. The minimum atomic E-state index is -0.350. The molecule has 9 nitrogen and oxygen atoms in total. The monoisotopic (exact) mass is 443 g/mol. The normalized spacial score (nSPS) is 15.6. The van der Waals surface area contributed by atoms with Gasteiger partial charge in [-0.3, -0.25) is 10.1 Å². The minimum absolute atomic E-state index is 0.00298. The number of thiazole rings is 1. The van der Waals surface area contributed by atoms with E-state index in [1.54, 1.807) is 27.0 Å². The first-order chi connectivity index (χ1) is 15.0. The van der Waals surface area contributed by atoms with Crippen molar-refractivity contribution in [2.24, 2.45) is 0 Å². The second-order valence-electron chi connectivity index (χ2n) is 7.35. The molecule has 0 saturated carbocycles. The summed E-state index contributed by atoms with van der Waals surface area (Å²) in [6.07, 6.45) is 0.709. The molecule has 0 unspecified atom stereocenters. The van der Waals surface area contributed by atoms with Crippen molar-refractivity contribution < 1.29 is 19.1 Å². The van der Waals surface area contributed by atoms with Crippen LogP contribution < -0.4 is 10.2 Å². The molecule has 4 amide bonds. The number of urea groups is 1. The van der Waals surface area contributed by atoms with Gasteiger partial charge in [0, 0.05) is 43.8 Å². The van der Waals surface area contributed by atoms with E-state index in [-0.39, 0.29) is 24.5 Å². The van der Waals surface area contributed by atoms with E-state index in [9.17, 15) is 14.4 Å². The second kappa shape index (κ2) is 9.34. The van der Waals surface area contributed by atoms with Gasteiger partial charge in [-0.05, 0) is 25.0 Å². The van der Waals surface area contributed by atoms with E-state index in [1.165, 1.54) is 16.9 Å². The topological polar surface area (TPSA) is 95.1 Å². The zero-order valence-electron chi connectivity index (χ0n) is 17.4. The van der Waals surface area contributed by atoms with Crippen LogP contribution in [-0.2, 0) is 22.4 Å². The Labute approximate surface area is 184 Å². The number of nitrogens with zero attached hydrogens (tertiary/aromatic N) is 4. The maximum atomic E-state index is 12.7. The number of fused-ring (bicyclic) bond motifs is 1. The fourth-order valence-electron chi connectivity index (χ4n) is 3.77. The number of amides is 4. The van der Waals surface area contributed by atoms with Crippen LogP contribution in [0.5, 0.6) is 0 Å². The Hall–Kier alpha value is -3.14. The summed E-state index contributed by atoms with van der Waals surface area (Å²) in [6, 6.07) is 7.68. The quantitative estimate of drug-likeness (QED) is 0.784. The van der Waals surface area contributed by atoms with Crippen LogP contribution in [0.4, 0.5) is 20.4 Å². The van der Waals surface area contributed by atoms with E-state index in [1.807, 2.05) is 24.3 Å². The average molecular weight is 444 g/mol. The number of carbonyl (C=O) groups excluding carboxylic acids is 3. The summed E-state index contributed by atoms with van der Waals surface area (Å²) >= 11 is 1.30. The lowest BCUT2D eigenvalue weighted by molar-refractivity contribution is -0.117. The molecule has 164 valence electrons. The molecule has 0 spiro atoms. The molecule has 2 aliphatic rings. The number of piperazine rings is 1. The molecule has 1 aromatic heterocycles. The van der Waals surface area contributed by atoms with Crippen LogP contribution in [0.15, 0.2) is 29.6 Å². The van der Waals surface area contributed by atoms with Crippen molar-refractivity contribution in [1.29, 1.82) is 0 Å². The Morgan fingerprint density at radius 2 is 1.84 bits per heavy atom. The van der Waals surface area contributed by atoms with Gasteiger partial charge in [-0.2, -0.15) is 0 Å². The number of carbonyl (C=O) groups is 3. The summed E-state index contributed by atoms with van der Waals surface area (Å²) in [6.45, 7) is 4.50. The fourth-order valence-corrected chi connectivity index (χ4v) is 4.47. The number of benzene rings is 1. The Bertz CT molecular complexity index is 970. The van der Waals surface area contributed by atoms with Crippen molar-refractivity contribution >= 4 is 40.2 Å². The predicted octanol–water partition coefficient (Wildman–Crippen LogP) is 2.58. The average Bonchev–Trinajstić information content (AvgIpc) is 3.40. The lowest BCUT2D eigenvalue weighted by Gasteiger charge is -2.33. The molecule has 1 fully saturated rings. The fraction of sp³-hybridized carbons (Fsp3) is 0.429. The summed E-state index contributed by atoms with van der Waals surface area (Å²) in [5.74, 6) is 0.00298. The molecule has 0 atom stereocenters. The number of nitrogens with one attached hydrogen (secondary N) is 1. The Morgan fingerprint density at radius 1 is 1.10 bits per heavy atom. The highest BCUT2D eigenvalue weighted by molar-refractivity contribution is 7.13. The number of hydrogen-bond acceptors (Lipinski definition) is 6. The van der Waals surface area contributed by atoms with Gasteiger partial charge in [0.25, 0.3) is 0 Å². The molecule has 3 heterocycles. The number of para-hydroxylation sites is 1. The van der Waals surface area contributed by atoms with Crippen molar-refractivity contribution in [2.75, 3.05) is 49.5 Å². The minimum Gasteiger partial charge on any atom is -0.450 e. The first kappa shape index (κ1) is 21.1. The zero-order chi connectivity index (χ0) is 21.8. The standard InChI is InChI=1S/C21H25N5O4S/c1-2-30-21(29)25-11-9-24(10-12-25)20(28)23-19-22-16(14-31-19)13-18(27)26-8-7-15-5-3-4-6-17(15)26/h3-6,14H,2,7-13H2,1H3,(H,22,23,28). The summed E-state index contributed by atoms with van der Waals surface area (Å²) < 4.78 is 4.99. The highest BCUT2D eigenvalue weighted by Gasteiger charge is 2.26. The summed E-state index contributed by atoms with van der Waals surface area (Å²) in [4.78, 5) is 46.5. The van der Waals surface area contributed by atoms with Gasteiger partial charge in [0.1, 0.15) is 0 Å². The van der Waals surface area contributed by atoms with E-state index in [0.29, 0.717) is 50.2 Å². The number of rotatable bonds is 4. The van der Waals surface area contributed by atoms with Crippen molar-refractivity contribution in [1.82, 2.24) is 14.8 Å². The molecule has 0 radical (unpaired) electrons. The van der Waals surface area contributed by atoms with E-state index < -0.39 is 0 Å². The Balaban J connectivity index is 1.28. The van der Waals surface area contributed by atoms with Crippen LogP contribution in [0, 0.1) is 0 Å². The van der Waals surface area contributed by atoms with Crippen molar-refractivity contribution in [3.05, 3.63) is 40.9 Å². The Kier molecular flexibility index (Phi) is 6.36. The number of ether oxygens (including phenoxy) is 1. The molecular weight excluding hydrogens is 418 g/mol. The molecule has 2 aliphatic heterocycles. The van der Waals surface area contributed by atoms with Gasteiger partial charge in [-0.15, -0.1) is 11.3 Å². The van der Waals surface area contributed by atoms with Gasteiger partial charge in [-0.25, -0.2) is 14.6 Å². The predicted molar refractivity (Wildman–Crippen MR) is 118 cm³/mol. The number of aromatic nitrogens is 1. The molecule has 1 aromatic carbocycles. The van der Waals surface area contributed by atoms with Gasteiger partial charge < -0.3 is 19.4 Å². The van der Waals surface area contributed by atoms with Crippen LogP contribution in [0.2, 0.25) is 0 Å². The van der Waals surface area contributed by atoms with Gasteiger partial charge in [0.2, 0.25) is 5.91 Å². The van der Waals surface area contributed by atoms with Crippen LogP contribution in [0.25, 0.3) is 0 Å². The maximum absolute atomic E-state index is 12.7. The third-order valence-corrected chi connectivity index (χ3v) is 6.19. The van der Waals surface area contributed by atoms with Crippen LogP contribution >= 0.6 is 11.3 Å². The third-order valence-electron chi connectivity index (χ3n) is 5.38. The highest BCUT2D eigenvalue weighted by atomic mass is 32.1. The summed E-state index contributed by atoms with van der Waals surface area (Å²) in [5, 5.41) is 5.05. The molecule has 1 saturated heterocycles.